The second-order valence-corrected chi connectivity index (χ2v) is 7.83. The molecule has 1 amide bonds. The normalized spacial score (nSPS) is 26.2. The first-order chi connectivity index (χ1) is 10.8. The first-order valence-electron chi connectivity index (χ1n) is 8.64. The van der Waals surface area contributed by atoms with Gasteiger partial charge in [0.1, 0.15) is 5.60 Å². The predicted octanol–water partition coefficient (Wildman–Crippen LogP) is 3.69. The smallest absolute Gasteiger partial charge is 0.410 e. The van der Waals surface area contributed by atoms with Crippen LogP contribution in [0.1, 0.15) is 45.7 Å². The zero-order valence-corrected chi connectivity index (χ0v) is 14.7. The van der Waals surface area contributed by atoms with Crippen LogP contribution in [0.15, 0.2) is 30.3 Å². The van der Waals surface area contributed by atoms with Crippen LogP contribution in [-0.2, 0) is 4.74 Å². The maximum atomic E-state index is 12.3. The number of hydrogen-bond donors (Lipinski definition) is 0. The summed E-state index contributed by atoms with van der Waals surface area (Å²) in [5.74, 6) is 0.722. The molecule has 3 rings (SSSR count). The minimum absolute atomic E-state index is 0.171. The minimum atomic E-state index is -0.426. The van der Waals surface area contributed by atoms with Gasteiger partial charge in [0, 0.05) is 31.7 Å². The molecule has 0 unspecified atom stereocenters. The third-order valence-corrected chi connectivity index (χ3v) is 5.02. The summed E-state index contributed by atoms with van der Waals surface area (Å²) in [6, 6.07) is 11.5. The molecule has 0 aliphatic carbocycles. The van der Waals surface area contributed by atoms with Crippen molar-refractivity contribution in [3.05, 3.63) is 35.9 Å². The number of carbonyl (C=O) groups excluding carboxylic acids is 1. The average Bonchev–Trinajstić information content (AvgIpc) is 2.47. The zero-order chi connectivity index (χ0) is 16.6. The fourth-order valence-electron chi connectivity index (χ4n) is 3.70. The lowest BCUT2D eigenvalue weighted by atomic mass is 9.80. The quantitative estimate of drug-likeness (QED) is 0.834. The van der Waals surface area contributed by atoms with Gasteiger partial charge in [-0.3, -0.25) is 4.90 Å². The van der Waals surface area contributed by atoms with E-state index < -0.39 is 5.60 Å². The first-order valence-corrected chi connectivity index (χ1v) is 8.64. The van der Waals surface area contributed by atoms with Crippen molar-refractivity contribution in [3.63, 3.8) is 0 Å². The summed E-state index contributed by atoms with van der Waals surface area (Å²) in [5, 5.41) is 0. The number of benzene rings is 1. The standard InChI is InChI=1S/C19H28N2O2/c1-14(15-8-6-5-7-9-15)21-12-16-10-11-20(13-17(16)21)18(22)23-19(2,3)4/h5-9,14,16-17H,10-13H2,1-4H3/t14-,16+,17+/m0/s1. The highest BCUT2D eigenvalue weighted by molar-refractivity contribution is 5.68. The number of rotatable bonds is 2. The molecule has 0 saturated carbocycles. The molecule has 2 aliphatic rings. The molecule has 2 saturated heterocycles. The summed E-state index contributed by atoms with van der Waals surface area (Å²) in [7, 11) is 0. The number of fused-ring (bicyclic) bond motifs is 1. The second-order valence-electron chi connectivity index (χ2n) is 7.83. The van der Waals surface area contributed by atoms with E-state index in [1.165, 1.54) is 5.56 Å². The Kier molecular flexibility index (Phi) is 4.37. The first kappa shape index (κ1) is 16.3. The van der Waals surface area contributed by atoms with Crippen LogP contribution in [0.2, 0.25) is 0 Å². The van der Waals surface area contributed by atoms with Gasteiger partial charge >= 0.3 is 6.09 Å². The van der Waals surface area contributed by atoms with Gasteiger partial charge < -0.3 is 9.64 Å². The van der Waals surface area contributed by atoms with Crippen LogP contribution in [0.3, 0.4) is 0 Å². The van der Waals surface area contributed by atoms with Gasteiger partial charge in [-0.25, -0.2) is 4.79 Å². The topological polar surface area (TPSA) is 32.8 Å². The molecule has 0 bridgehead atoms. The Morgan fingerprint density at radius 2 is 1.91 bits per heavy atom. The molecule has 4 heteroatoms. The molecule has 2 heterocycles. The Morgan fingerprint density at radius 3 is 2.57 bits per heavy atom. The fourth-order valence-corrected chi connectivity index (χ4v) is 3.70. The third kappa shape index (κ3) is 3.52. The van der Waals surface area contributed by atoms with Crippen LogP contribution in [0, 0.1) is 5.92 Å². The zero-order valence-electron chi connectivity index (χ0n) is 14.7. The van der Waals surface area contributed by atoms with Gasteiger partial charge in [-0.1, -0.05) is 30.3 Å². The lowest BCUT2D eigenvalue weighted by Crippen LogP contribution is -2.65. The van der Waals surface area contributed by atoms with Crippen molar-refractivity contribution < 1.29 is 9.53 Å². The molecule has 3 atom stereocenters. The Hall–Kier alpha value is -1.55. The number of ether oxygens (including phenoxy) is 1. The fraction of sp³-hybridized carbons (Fsp3) is 0.632. The largest absolute Gasteiger partial charge is 0.444 e. The SMILES string of the molecule is C[C@@H](c1ccccc1)N1C[C@H]2CCN(C(=O)OC(C)(C)C)C[C@H]21. The molecule has 2 aliphatic heterocycles. The average molecular weight is 316 g/mol. The van der Waals surface area contributed by atoms with Gasteiger partial charge in [0.2, 0.25) is 0 Å². The van der Waals surface area contributed by atoms with E-state index in [1.807, 2.05) is 25.7 Å². The molecule has 0 aromatic heterocycles. The van der Waals surface area contributed by atoms with Crippen LogP contribution in [0.5, 0.6) is 0 Å². The summed E-state index contributed by atoms with van der Waals surface area (Å²) in [5.41, 5.74) is 0.922. The lowest BCUT2D eigenvalue weighted by molar-refractivity contribution is -0.0706. The summed E-state index contributed by atoms with van der Waals surface area (Å²) in [6.07, 6.45) is 0.914. The molecule has 4 nitrogen and oxygen atoms in total. The third-order valence-electron chi connectivity index (χ3n) is 5.02. The van der Waals surface area contributed by atoms with Crippen LogP contribution in [-0.4, -0.2) is 47.2 Å². The number of piperidine rings is 1. The molecule has 0 spiro atoms. The van der Waals surface area contributed by atoms with Crippen LogP contribution in [0.4, 0.5) is 4.79 Å². The molecule has 0 radical (unpaired) electrons. The van der Waals surface area contributed by atoms with E-state index in [2.05, 4.69) is 42.2 Å². The minimum Gasteiger partial charge on any atom is -0.444 e. The van der Waals surface area contributed by atoms with E-state index >= 15 is 0 Å². The number of carbonyl (C=O) groups is 1. The molecule has 0 N–H and O–H groups in total. The van der Waals surface area contributed by atoms with E-state index in [-0.39, 0.29) is 6.09 Å². The van der Waals surface area contributed by atoms with Gasteiger partial charge in [0.05, 0.1) is 0 Å². The van der Waals surface area contributed by atoms with E-state index in [9.17, 15) is 4.79 Å². The molecule has 23 heavy (non-hydrogen) atoms. The van der Waals surface area contributed by atoms with Gasteiger partial charge in [-0.2, -0.15) is 0 Å². The van der Waals surface area contributed by atoms with E-state index in [4.69, 9.17) is 4.74 Å². The Balaban J connectivity index is 1.63. The molecular formula is C19H28N2O2. The highest BCUT2D eigenvalue weighted by Crippen LogP contribution is 2.38. The van der Waals surface area contributed by atoms with Gasteiger partial charge in [-0.15, -0.1) is 0 Å². The van der Waals surface area contributed by atoms with Crippen molar-refractivity contribution in [2.75, 3.05) is 19.6 Å². The Bertz CT molecular complexity index is 552. The van der Waals surface area contributed by atoms with Crippen molar-refractivity contribution in [1.29, 1.82) is 0 Å². The van der Waals surface area contributed by atoms with Crippen molar-refractivity contribution in [3.8, 4) is 0 Å². The molecule has 126 valence electrons. The molecule has 1 aromatic rings. The second kappa shape index (κ2) is 6.16. The molecule has 2 fully saturated rings. The van der Waals surface area contributed by atoms with Crippen molar-refractivity contribution in [2.45, 2.75) is 51.8 Å². The van der Waals surface area contributed by atoms with Crippen LogP contribution < -0.4 is 0 Å². The Morgan fingerprint density at radius 1 is 1.22 bits per heavy atom. The predicted molar refractivity (Wildman–Crippen MR) is 91.3 cm³/mol. The molecule has 1 aromatic carbocycles. The van der Waals surface area contributed by atoms with Gasteiger partial charge in [0.25, 0.3) is 0 Å². The van der Waals surface area contributed by atoms with E-state index in [0.29, 0.717) is 12.1 Å². The monoisotopic (exact) mass is 316 g/mol. The maximum absolute atomic E-state index is 12.3. The number of hydrogen-bond acceptors (Lipinski definition) is 3. The number of likely N-dealkylation sites (tertiary alicyclic amines) is 2. The highest BCUT2D eigenvalue weighted by Gasteiger charge is 2.46. The summed E-state index contributed by atoms with van der Waals surface area (Å²) >= 11 is 0. The number of nitrogens with zero attached hydrogens (tertiary/aromatic N) is 2. The summed E-state index contributed by atoms with van der Waals surface area (Å²) < 4.78 is 5.53. The van der Waals surface area contributed by atoms with Crippen molar-refractivity contribution >= 4 is 6.09 Å². The maximum Gasteiger partial charge on any atom is 0.410 e. The summed E-state index contributed by atoms with van der Waals surface area (Å²) in [6.45, 7) is 10.8. The van der Waals surface area contributed by atoms with Crippen LogP contribution in [0.25, 0.3) is 0 Å². The van der Waals surface area contributed by atoms with E-state index in [0.717, 1.165) is 32.0 Å². The lowest BCUT2D eigenvalue weighted by Gasteiger charge is -2.55. The van der Waals surface area contributed by atoms with Gasteiger partial charge in [-0.05, 0) is 45.6 Å². The Labute approximate surface area is 139 Å². The van der Waals surface area contributed by atoms with E-state index in [1.54, 1.807) is 0 Å². The van der Waals surface area contributed by atoms with Crippen molar-refractivity contribution in [1.82, 2.24) is 9.80 Å². The van der Waals surface area contributed by atoms with Crippen molar-refractivity contribution in [2.24, 2.45) is 5.92 Å². The summed E-state index contributed by atoms with van der Waals surface area (Å²) in [4.78, 5) is 16.7. The van der Waals surface area contributed by atoms with Gasteiger partial charge in [0.15, 0.2) is 0 Å². The highest BCUT2D eigenvalue weighted by atomic mass is 16.6. The number of amides is 1. The molecular weight excluding hydrogens is 288 g/mol. The van der Waals surface area contributed by atoms with Crippen LogP contribution >= 0.6 is 0 Å².